The molecule has 0 spiro atoms. The smallest absolute Gasteiger partial charge is 0.241 e. The summed E-state index contributed by atoms with van der Waals surface area (Å²) in [6.07, 6.45) is 0.0629. The molecule has 132 valence electrons. The van der Waals surface area contributed by atoms with Crippen molar-refractivity contribution in [1.29, 1.82) is 0 Å². The molecular weight excluding hydrogens is 362 g/mol. The molecule has 0 aliphatic rings. The molecule has 1 atom stereocenters. The van der Waals surface area contributed by atoms with E-state index in [1.54, 1.807) is 42.5 Å². The van der Waals surface area contributed by atoms with Crippen molar-refractivity contribution in [3.8, 4) is 0 Å². The fourth-order valence-corrected chi connectivity index (χ4v) is 3.60. The predicted molar refractivity (Wildman–Crippen MR) is 96.2 cm³/mol. The minimum atomic E-state index is -3.95. The topological polar surface area (TPSA) is 80.3 Å². The van der Waals surface area contributed by atoms with Gasteiger partial charge < -0.3 is 0 Å². The lowest BCUT2D eigenvalue weighted by Gasteiger charge is -2.17. The number of benzene rings is 2. The van der Waals surface area contributed by atoms with Gasteiger partial charge in [-0.05, 0) is 31.0 Å². The Hall–Kier alpha value is -2.02. The molecule has 0 saturated heterocycles. The normalized spacial score (nSPS) is 12.6. The van der Waals surface area contributed by atoms with Gasteiger partial charge in [0.15, 0.2) is 0 Å². The number of carbonyl (C=O) groups is 2. The van der Waals surface area contributed by atoms with E-state index in [9.17, 15) is 18.0 Å². The van der Waals surface area contributed by atoms with Gasteiger partial charge in [-0.25, -0.2) is 8.42 Å². The van der Waals surface area contributed by atoms with Crippen molar-refractivity contribution in [3.63, 3.8) is 0 Å². The van der Waals surface area contributed by atoms with Gasteiger partial charge in [0.25, 0.3) is 0 Å². The summed E-state index contributed by atoms with van der Waals surface area (Å²) in [5.74, 6) is -2.17. The van der Waals surface area contributed by atoms with Crippen molar-refractivity contribution in [2.45, 2.75) is 24.3 Å². The van der Waals surface area contributed by atoms with Crippen molar-refractivity contribution in [2.75, 3.05) is 5.88 Å². The minimum absolute atomic E-state index is 0.0299. The summed E-state index contributed by atoms with van der Waals surface area (Å²) in [4.78, 5) is 24.0. The van der Waals surface area contributed by atoms with Crippen molar-refractivity contribution in [3.05, 3.63) is 65.7 Å². The monoisotopic (exact) mass is 379 g/mol. The van der Waals surface area contributed by atoms with Crippen LogP contribution in [0.5, 0.6) is 0 Å². The van der Waals surface area contributed by atoms with Crippen LogP contribution in [0.25, 0.3) is 0 Å². The van der Waals surface area contributed by atoms with E-state index in [-0.39, 0.29) is 11.3 Å². The van der Waals surface area contributed by atoms with E-state index in [2.05, 4.69) is 4.72 Å². The number of alkyl halides is 1. The maximum Gasteiger partial charge on any atom is 0.241 e. The standard InChI is InChI=1S/C18H18ClNO4S/c1-13-7-9-15(10-8-13)25(23,24)20-16(18(22)17(21)12-19)11-14-5-3-2-4-6-14/h2-10,16,20H,11-12H2,1H3. The zero-order valence-electron chi connectivity index (χ0n) is 13.6. The highest BCUT2D eigenvalue weighted by atomic mass is 35.5. The van der Waals surface area contributed by atoms with Crippen LogP contribution in [0.3, 0.4) is 0 Å². The van der Waals surface area contributed by atoms with Gasteiger partial charge in [-0.2, -0.15) is 4.72 Å². The fraction of sp³-hybridized carbons (Fsp3) is 0.222. The largest absolute Gasteiger partial charge is 0.289 e. The van der Waals surface area contributed by atoms with Gasteiger partial charge >= 0.3 is 0 Å². The van der Waals surface area contributed by atoms with Crippen LogP contribution in [-0.2, 0) is 26.0 Å². The molecule has 1 N–H and O–H groups in total. The maximum atomic E-state index is 12.6. The van der Waals surface area contributed by atoms with Crippen LogP contribution in [0.15, 0.2) is 59.5 Å². The van der Waals surface area contributed by atoms with Gasteiger partial charge in [0.1, 0.15) is 0 Å². The van der Waals surface area contributed by atoms with Gasteiger partial charge in [-0.1, -0.05) is 48.0 Å². The summed E-state index contributed by atoms with van der Waals surface area (Å²) < 4.78 is 27.4. The first-order chi connectivity index (χ1) is 11.8. The molecular formula is C18H18ClNO4S. The van der Waals surface area contributed by atoms with Gasteiger partial charge in [-0.3, -0.25) is 9.59 Å². The number of carbonyl (C=O) groups excluding carboxylic acids is 2. The fourth-order valence-electron chi connectivity index (χ4n) is 2.27. The molecule has 0 amide bonds. The van der Waals surface area contributed by atoms with E-state index >= 15 is 0 Å². The molecule has 0 bridgehead atoms. The predicted octanol–water partition coefficient (Wildman–Crippen LogP) is 2.26. The Balaban J connectivity index is 2.30. The summed E-state index contributed by atoms with van der Waals surface area (Å²) in [6, 6.07) is 13.9. The third-order valence-corrected chi connectivity index (χ3v) is 5.35. The summed E-state index contributed by atoms with van der Waals surface area (Å²) in [7, 11) is -3.95. The highest BCUT2D eigenvalue weighted by Crippen LogP contribution is 2.13. The third kappa shape index (κ3) is 5.22. The first-order valence-corrected chi connectivity index (χ1v) is 9.61. The summed E-state index contributed by atoms with van der Waals surface area (Å²) in [6.45, 7) is 1.84. The van der Waals surface area contributed by atoms with Crippen LogP contribution in [-0.4, -0.2) is 31.9 Å². The van der Waals surface area contributed by atoms with E-state index < -0.39 is 33.5 Å². The average molecular weight is 380 g/mol. The molecule has 0 aliphatic heterocycles. The van der Waals surface area contributed by atoms with Crippen LogP contribution in [0, 0.1) is 6.92 Å². The van der Waals surface area contributed by atoms with Crippen molar-refractivity contribution >= 4 is 33.2 Å². The molecule has 2 aromatic rings. The Morgan fingerprint density at radius 3 is 2.20 bits per heavy atom. The Bertz CT molecular complexity index is 848. The molecule has 0 aliphatic carbocycles. The van der Waals surface area contributed by atoms with E-state index in [1.807, 2.05) is 6.92 Å². The van der Waals surface area contributed by atoms with E-state index in [4.69, 9.17) is 11.6 Å². The molecule has 0 saturated carbocycles. The molecule has 0 heterocycles. The number of hydrogen-bond donors (Lipinski definition) is 1. The molecule has 1 unspecified atom stereocenters. The van der Waals surface area contributed by atoms with Crippen LogP contribution >= 0.6 is 11.6 Å². The van der Waals surface area contributed by atoms with E-state index in [1.165, 1.54) is 12.1 Å². The van der Waals surface area contributed by atoms with E-state index in [0.717, 1.165) is 11.1 Å². The summed E-state index contributed by atoms with van der Waals surface area (Å²) in [5.41, 5.74) is 1.64. The highest BCUT2D eigenvalue weighted by molar-refractivity contribution is 7.89. The number of halogens is 1. The van der Waals surface area contributed by atoms with Crippen molar-refractivity contribution in [2.24, 2.45) is 0 Å². The first kappa shape index (κ1) is 19.3. The minimum Gasteiger partial charge on any atom is -0.289 e. The molecule has 0 radical (unpaired) electrons. The Morgan fingerprint density at radius 1 is 1.04 bits per heavy atom. The third-order valence-electron chi connectivity index (χ3n) is 3.62. The molecule has 7 heteroatoms. The van der Waals surface area contributed by atoms with Gasteiger partial charge in [0, 0.05) is 0 Å². The molecule has 5 nitrogen and oxygen atoms in total. The number of nitrogens with one attached hydrogen (secondary N) is 1. The summed E-state index contributed by atoms with van der Waals surface area (Å²) >= 11 is 5.45. The molecule has 0 aromatic heterocycles. The summed E-state index contributed by atoms with van der Waals surface area (Å²) in [5, 5.41) is 0. The second-order valence-electron chi connectivity index (χ2n) is 5.60. The zero-order chi connectivity index (χ0) is 18.4. The molecule has 2 aromatic carbocycles. The lowest BCUT2D eigenvalue weighted by atomic mass is 10.0. The number of rotatable bonds is 8. The van der Waals surface area contributed by atoms with Crippen LogP contribution < -0.4 is 4.72 Å². The first-order valence-electron chi connectivity index (χ1n) is 7.59. The maximum absolute atomic E-state index is 12.6. The number of hydrogen-bond acceptors (Lipinski definition) is 4. The second kappa shape index (κ2) is 8.38. The molecule has 25 heavy (non-hydrogen) atoms. The Morgan fingerprint density at radius 2 is 1.64 bits per heavy atom. The van der Waals surface area contributed by atoms with Crippen molar-refractivity contribution < 1.29 is 18.0 Å². The second-order valence-corrected chi connectivity index (χ2v) is 7.58. The van der Waals surface area contributed by atoms with Crippen LogP contribution in [0.1, 0.15) is 11.1 Å². The number of sulfonamides is 1. The Kier molecular flexibility index (Phi) is 6.47. The lowest BCUT2D eigenvalue weighted by Crippen LogP contribution is -2.45. The van der Waals surface area contributed by atoms with E-state index in [0.29, 0.717) is 0 Å². The van der Waals surface area contributed by atoms with Gasteiger partial charge in [0.05, 0.1) is 16.8 Å². The van der Waals surface area contributed by atoms with Gasteiger partial charge in [-0.15, -0.1) is 11.6 Å². The highest BCUT2D eigenvalue weighted by Gasteiger charge is 2.29. The van der Waals surface area contributed by atoms with Crippen LogP contribution in [0.2, 0.25) is 0 Å². The van der Waals surface area contributed by atoms with Crippen LogP contribution in [0.4, 0.5) is 0 Å². The number of ketones is 2. The Labute approximate surface area is 152 Å². The number of Topliss-reactive ketones (excluding diaryl/α,β-unsaturated/α-hetero) is 2. The number of aryl methyl sites for hydroxylation is 1. The SMILES string of the molecule is Cc1ccc(S(=O)(=O)NC(Cc2ccccc2)C(=O)C(=O)CCl)cc1. The quantitative estimate of drug-likeness (QED) is 0.563. The van der Waals surface area contributed by atoms with Crippen molar-refractivity contribution in [1.82, 2.24) is 4.72 Å². The van der Waals surface area contributed by atoms with Gasteiger partial charge in [0.2, 0.25) is 21.6 Å². The zero-order valence-corrected chi connectivity index (χ0v) is 15.2. The average Bonchev–Trinajstić information content (AvgIpc) is 2.61. The molecule has 0 fully saturated rings. The molecule has 2 rings (SSSR count). The lowest BCUT2D eigenvalue weighted by molar-refractivity contribution is -0.136.